The standard InChI is InChI=1S/C20H22N2O2/c1-14(2)17-7-9-19(10-8-17)24-13-20(23)22-15(3)18-6-4-5-16(11-18)12-21/h4-11,14-15H,13H2,1-3H3,(H,22,23)/t15-/m1/s1. The molecule has 124 valence electrons. The summed E-state index contributed by atoms with van der Waals surface area (Å²) in [5.41, 5.74) is 2.71. The summed E-state index contributed by atoms with van der Waals surface area (Å²) in [6, 6.07) is 16.9. The third-order valence-corrected chi connectivity index (χ3v) is 3.81. The third kappa shape index (κ3) is 4.85. The number of rotatable bonds is 6. The molecule has 0 bridgehead atoms. The smallest absolute Gasteiger partial charge is 0.258 e. The minimum absolute atomic E-state index is 0.0384. The maximum Gasteiger partial charge on any atom is 0.258 e. The van der Waals surface area contributed by atoms with E-state index in [9.17, 15) is 4.79 Å². The van der Waals surface area contributed by atoms with E-state index in [1.807, 2.05) is 43.3 Å². The monoisotopic (exact) mass is 322 g/mol. The highest BCUT2D eigenvalue weighted by Crippen LogP contribution is 2.18. The van der Waals surface area contributed by atoms with Gasteiger partial charge in [0.1, 0.15) is 5.75 Å². The van der Waals surface area contributed by atoms with E-state index in [-0.39, 0.29) is 18.6 Å². The van der Waals surface area contributed by atoms with Crippen LogP contribution in [0.5, 0.6) is 5.75 Å². The van der Waals surface area contributed by atoms with Crippen molar-refractivity contribution in [2.45, 2.75) is 32.7 Å². The molecule has 4 nitrogen and oxygen atoms in total. The normalized spacial score (nSPS) is 11.6. The quantitative estimate of drug-likeness (QED) is 0.876. The molecular formula is C20H22N2O2. The van der Waals surface area contributed by atoms with Crippen LogP contribution in [0.1, 0.15) is 49.4 Å². The summed E-state index contributed by atoms with van der Waals surface area (Å²) >= 11 is 0. The summed E-state index contributed by atoms with van der Waals surface area (Å²) in [6.07, 6.45) is 0. The molecule has 0 radical (unpaired) electrons. The molecule has 1 atom stereocenters. The Morgan fingerprint density at radius 2 is 1.83 bits per heavy atom. The second-order valence-corrected chi connectivity index (χ2v) is 6.04. The molecule has 24 heavy (non-hydrogen) atoms. The van der Waals surface area contributed by atoms with Gasteiger partial charge in [-0.3, -0.25) is 4.79 Å². The summed E-state index contributed by atoms with van der Waals surface area (Å²) < 4.78 is 5.52. The molecule has 2 aromatic carbocycles. The highest BCUT2D eigenvalue weighted by atomic mass is 16.5. The van der Waals surface area contributed by atoms with E-state index < -0.39 is 0 Å². The molecule has 0 aromatic heterocycles. The zero-order chi connectivity index (χ0) is 17.5. The van der Waals surface area contributed by atoms with E-state index in [0.717, 1.165) is 5.56 Å². The van der Waals surface area contributed by atoms with Crippen molar-refractivity contribution in [1.82, 2.24) is 5.32 Å². The predicted octanol–water partition coefficient (Wildman–Crippen LogP) is 3.94. The molecule has 1 N–H and O–H groups in total. The summed E-state index contributed by atoms with van der Waals surface area (Å²) in [5, 5.41) is 11.8. The van der Waals surface area contributed by atoms with Crippen molar-refractivity contribution in [3.63, 3.8) is 0 Å². The van der Waals surface area contributed by atoms with E-state index >= 15 is 0 Å². The van der Waals surface area contributed by atoms with Crippen molar-refractivity contribution >= 4 is 5.91 Å². The van der Waals surface area contributed by atoms with E-state index in [4.69, 9.17) is 10.00 Å². The number of ether oxygens (including phenoxy) is 1. The number of hydrogen-bond donors (Lipinski definition) is 1. The van der Waals surface area contributed by atoms with Gasteiger partial charge in [-0.15, -0.1) is 0 Å². The number of nitriles is 1. The molecule has 0 aliphatic carbocycles. The Morgan fingerprint density at radius 3 is 2.46 bits per heavy atom. The average molecular weight is 322 g/mol. The number of benzene rings is 2. The van der Waals surface area contributed by atoms with Crippen molar-refractivity contribution in [2.75, 3.05) is 6.61 Å². The van der Waals surface area contributed by atoms with Gasteiger partial charge in [0.25, 0.3) is 5.91 Å². The minimum atomic E-state index is -0.196. The van der Waals surface area contributed by atoms with Crippen molar-refractivity contribution < 1.29 is 9.53 Å². The minimum Gasteiger partial charge on any atom is -0.484 e. The summed E-state index contributed by atoms with van der Waals surface area (Å²) in [5.74, 6) is 0.943. The first-order valence-corrected chi connectivity index (χ1v) is 8.01. The summed E-state index contributed by atoms with van der Waals surface area (Å²) in [7, 11) is 0. The molecule has 4 heteroatoms. The molecule has 0 heterocycles. The van der Waals surface area contributed by atoms with Gasteiger partial charge in [0, 0.05) is 0 Å². The van der Waals surface area contributed by atoms with Gasteiger partial charge in [-0.25, -0.2) is 0 Å². The van der Waals surface area contributed by atoms with Gasteiger partial charge >= 0.3 is 0 Å². The van der Waals surface area contributed by atoms with Crippen LogP contribution in [0.4, 0.5) is 0 Å². The SMILES string of the molecule is CC(C)c1ccc(OCC(=O)N[C@H](C)c2cccc(C#N)c2)cc1. The van der Waals surface area contributed by atoms with Crippen LogP contribution in [0.3, 0.4) is 0 Å². The average Bonchev–Trinajstić information content (AvgIpc) is 2.60. The van der Waals surface area contributed by atoms with E-state index in [1.54, 1.807) is 12.1 Å². The lowest BCUT2D eigenvalue weighted by molar-refractivity contribution is -0.123. The van der Waals surface area contributed by atoms with Crippen LogP contribution in [0.2, 0.25) is 0 Å². The van der Waals surface area contributed by atoms with Crippen LogP contribution in [0.15, 0.2) is 48.5 Å². The fourth-order valence-electron chi connectivity index (χ4n) is 2.34. The molecule has 0 spiro atoms. The Morgan fingerprint density at radius 1 is 1.12 bits per heavy atom. The van der Waals surface area contributed by atoms with Gasteiger partial charge in [-0.05, 0) is 48.2 Å². The summed E-state index contributed by atoms with van der Waals surface area (Å²) in [4.78, 5) is 12.0. The van der Waals surface area contributed by atoms with Gasteiger partial charge < -0.3 is 10.1 Å². The number of nitrogens with zero attached hydrogens (tertiary/aromatic N) is 1. The maximum atomic E-state index is 12.0. The second kappa shape index (κ2) is 8.16. The third-order valence-electron chi connectivity index (χ3n) is 3.81. The zero-order valence-electron chi connectivity index (χ0n) is 14.2. The molecule has 0 saturated heterocycles. The Kier molecular flexibility index (Phi) is 5.97. The molecule has 2 aromatic rings. The summed E-state index contributed by atoms with van der Waals surface area (Å²) in [6.45, 7) is 6.10. The van der Waals surface area contributed by atoms with Crippen LogP contribution in [0, 0.1) is 11.3 Å². The molecule has 0 fully saturated rings. The predicted molar refractivity (Wildman–Crippen MR) is 93.7 cm³/mol. The largest absolute Gasteiger partial charge is 0.484 e. The molecule has 2 rings (SSSR count). The first-order valence-electron chi connectivity index (χ1n) is 8.01. The second-order valence-electron chi connectivity index (χ2n) is 6.04. The zero-order valence-corrected chi connectivity index (χ0v) is 14.2. The van der Waals surface area contributed by atoms with Crippen LogP contribution in [-0.2, 0) is 4.79 Å². The van der Waals surface area contributed by atoms with Crippen molar-refractivity contribution in [2.24, 2.45) is 0 Å². The van der Waals surface area contributed by atoms with E-state index in [0.29, 0.717) is 17.2 Å². The Balaban J connectivity index is 1.87. The lowest BCUT2D eigenvalue weighted by atomic mass is 10.0. The maximum absolute atomic E-state index is 12.0. The lowest BCUT2D eigenvalue weighted by Gasteiger charge is -2.15. The molecule has 0 saturated carbocycles. The number of nitrogens with one attached hydrogen (secondary N) is 1. The Bertz CT molecular complexity index is 730. The van der Waals surface area contributed by atoms with Crippen molar-refractivity contribution in [3.8, 4) is 11.8 Å². The number of amides is 1. The topological polar surface area (TPSA) is 62.1 Å². The van der Waals surface area contributed by atoms with Crippen molar-refractivity contribution in [1.29, 1.82) is 5.26 Å². The fourth-order valence-corrected chi connectivity index (χ4v) is 2.34. The van der Waals surface area contributed by atoms with Crippen LogP contribution >= 0.6 is 0 Å². The van der Waals surface area contributed by atoms with E-state index in [2.05, 4.69) is 25.2 Å². The van der Waals surface area contributed by atoms with Crippen LogP contribution in [-0.4, -0.2) is 12.5 Å². The molecule has 0 aliphatic rings. The van der Waals surface area contributed by atoms with E-state index in [1.165, 1.54) is 5.56 Å². The first kappa shape index (κ1) is 17.6. The Hall–Kier alpha value is -2.80. The Labute approximate surface area is 143 Å². The van der Waals surface area contributed by atoms with Gasteiger partial charge in [0.15, 0.2) is 6.61 Å². The molecule has 0 aliphatic heterocycles. The van der Waals surface area contributed by atoms with Gasteiger partial charge in [-0.2, -0.15) is 5.26 Å². The van der Waals surface area contributed by atoms with Crippen LogP contribution in [0.25, 0.3) is 0 Å². The molecule has 0 unspecified atom stereocenters. The van der Waals surface area contributed by atoms with Gasteiger partial charge in [0.05, 0.1) is 17.7 Å². The molecular weight excluding hydrogens is 300 g/mol. The van der Waals surface area contributed by atoms with Gasteiger partial charge in [0.2, 0.25) is 0 Å². The highest BCUT2D eigenvalue weighted by molar-refractivity contribution is 5.78. The molecule has 1 amide bonds. The first-order chi connectivity index (χ1) is 11.5. The number of carbonyl (C=O) groups excluding carboxylic acids is 1. The van der Waals surface area contributed by atoms with Crippen molar-refractivity contribution in [3.05, 3.63) is 65.2 Å². The fraction of sp³-hybridized carbons (Fsp3) is 0.300. The van der Waals surface area contributed by atoms with Gasteiger partial charge in [-0.1, -0.05) is 38.1 Å². The lowest BCUT2D eigenvalue weighted by Crippen LogP contribution is -2.31. The van der Waals surface area contributed by atoms with Crippen LogP contribution < -0.4 is 10.1 Å². The highest BCUT2D eigenvalue weighted by Gasteiger charge is 2.11. The number of carbonyl (C=O) groups is 1. The number of hydrogen-bond acceptors (Lipinski definition) is 3.